The largest absolute Gasteiger partial charge is 0.460 e. The van der Waals surface area contributed by atoms with Crippen LogP contribution >= 0.6 is 0 Å². The van der Waals surface area contributed by atoms with Crippen LogP contribution in [0, 0.1) is 5.82 Å². The summed E-state index contributed by atoms with van der Waals surface area (Å²) in [6.45, 7) is 3.19. The van der Waals surface area contributed by atoms with Gasteiger partial charge in [0.05, 0.1) is 12.6 Å². The Bertz CT molecular complexity index is 792. The summed E-state index contributed by atoms with van der Waals surface area (Å²) in [6, 6.07) is 18.2. The first-order chi connectivity index (χ1) is 12.1. The maximum absolute atomic E-state index is 12.9. The molecule has 0 unspecified atom stereocenters. The molecule has 2 aromatic carbocycles. The predicted molar refractivity (Wildman–Crippen MR) is 96.6 cm³/mol. The minimum Gasteiger partial charge on any atom is -0.460 e. The first kappa shape index (κ1) is 17.4. The van der Waals surface area contributed by atoms with Gasteiger partial charge in [0.15, 0.2) is 0 Å². The van der Waals surface area contributed by atoms with Gasteiger partial charge in [-0.2, -0.15) is 0 Å². The van der Waals surface area contributed by atoms with Gasteiger partial charge < -0.3 is 14.8 Å². The molecule has 0 aliphatic rings. The van der Waals surface area contributed by atoms with E-state index in [9.17, 15) is 9.50 Å². The van der Waals surface area contributed by atoms with Gasteiger partial charge >= 0.3 is 0 Å². The molecule has 0 aliphatic carbocycles. The molecule has 1 aromatic heterocycles. The molecule has 1 atom stereocenters. The van der Waals surface area contributed by atoms with E-state index in [0.717, 1.165) is 41.2 Å². The van der Waals surface area contributed by atoms with Gasteiger partial charge in [-0.15, -0.1) is 0 Å². The first-order valence-electron chi connectivity index (χ1n) is 8.44. The summed E-state index contributed by atoms with van der Waals surface area (Å²) in [7, 11) is 0. The smallest absolute Gasteiger partial charge is 0.134 e. The molecule has 0 saturated carbocycles. The Hall–Kier alpha value is -2.43. The summed E-state index contributed by atoms with van der Waals surface area (Å²) in [5.74, 6) is 1.47. The number of furan rings is 1. The van der Waals surface area contributed by atoms with Crippen LogP contribution in [0.15, 0.2) is 65.1 Å². The molecule has 0 bridgehead atoms. The summed E-state index contributed by atoms with van der Waals surface area (Å²) in [5.41, 5.74) is 2.98. The molecule has 0 aliphatic heterocycles. The third-order valence-corrected chi connectivity index (χ3v) is 4.14. The van der Waals surface area contributed by atoms with E-state index in [2.05, 4.69) is 5.32 Å². The van der Waals surface area contributed by atoms with Gasteiger partial charge in [0, 0.05) is 5.56 Å². The van der Waals surface area contributed by atoms with E-state index in [0.29, 0.717) is 6.54 Å². The lowest BCUT2D eigenvalue weighted by Crippen LogP contribution is -2.16. The van der Waals surface area contributed by atoms with Crippen molar-refractivity contribution in [3.05, 3.63) is 83.4 Å². The minimum absolute atomic E-state index is 0.207. The van der Waals surface area contributed by atoms with Crippen molar-refractivity contribution < 1.29 is 13.9 Å². The van der Waals surface area contributed by atoms with E-state index < -0.39 is 6.10 Å². The van der Waals surface area contributed by atoms with E-state index in [-0.39, 0.29) is 5.82 Å². The average molecular weight is 339 g/mol. The molecule has 0 saturated heterocycles. The highest BCUT2D eigenvalue weighted by molar-refractivity contribution is 5.58. The number of aliphatic hydroxyl groups excluding tert-OH is 1. The minimum atomic E-state index is -0.466. The maximum Gasteiger partial charge on any atom is 0.134 e. The zero-order valence-electron chi connectivity index (χ0n) is 14.2. The van der Waals surface area contributed by atoms with Gasteiger partial charge in [0.1, 0.15) is 17.3 Å². The number of nitrogens with one attached hydrogen (secondary N) is 1. The summed E-state index contributed by atoms with van der Waals surface area (Å²) in [5, 5.41) is 12.9. The second-order valence-electron chi connectivity index (χ2n) is 6.12. The van der Waals surface area contributed by atoms with Gasteiger partial charge in [0.2, 0.25) is 0 Å². The van der Waals surface area contributed by atoms with Crippen molar-refractivity contribution in [2.75, 3.05) is 6.54 Å². The Labute approximate surface area is 147 Å². The van der Waals surface area contributed by atoms with Crippen molar-refractivity contribution >= 4 is 0 Å². The Morgan fingerprint density at radius 3 is 2.40 bits per heavy atom. The number of aliphatic hydroxyl groups is 1. The fraction of sp³-hybridized carbons (Fsp3) is 0.238. The fourth-order valence-electron chi connectivity index (χ4n) is 2.65. The van der Waals surface area contributed by atoms with Gasteiger partial charge in [-0.1, -0.05) is 36.4 Å². The van der Waals surface area contributed by atoms with Crippen LogP contribution in [-0.4, -0.2) is 11.7 Å². The highest BCUT2D eigenvalue weighted by Gasteiger charge is 2.06. The van der Waals surface area contributed by atoms with E-state index in [1.807, 2.05) is 36.4 Å². The number of halogens is 1. The van der Waals surface area contributed by atoms with Gasteiger partial charge in [0.25, 0.3) is 0 Å². The first-order valence-corrected chi connectivity index (χ1v) is 8.44. The maximum atomic E-state index is 12.9. The lowest BCUT2D eigenvalue weighted by molar-refractivity contribution is 0.199. The summed E-state index contributed by atoms with van der Waals surface area (Å²) < 4.78 is 18.7. The molecule has 3 nitrogen and oxygen atoms in total. The van der Waals surface area contributed by atoms with E-state index in [4.69, 9.17) is 4.42 Å². The Balaban J connectivity index is 1.50. The van der Waals surface area contributed by atoms with Crippen molar-refractivity contribution in [3.63, 3.8) is 0 Å². The number of benzene rings is 2. The molecule has 2 N–H and O–H groups in total. The fourth-order valence-corrected chi connectivity index (χ4v) is 2.65. The third kappa shape index (κ3) is 4.78. The third-order valence-electron chi connectivity index (χ3n) is 4.14. The predicted octanol–water partition coefficient (Wildman–Crippen LogP) is 4.47. The molecule has 0 amide bonds. The molecule has 25 heavy (non-hydrogen) atoms. The van der Waals surface area contributed by atoms with Gasteiger partial charge in [-0.3, -0.25) is 0 Å². The summed E-state index contributed by atoms with van der Waals surface area (Å²) in [6.07, 6.45) is 0.376. The van der Waals surface area contributed by atoms with E-state index in [1.165, 1.54) is 12.1 Å². The second-order valence-corrected chi connectivity index (χ2v) is 6.12. The summed E-state index contributed by atoms with van der Waals surface area (Å²) >= 11 is 0. The Kier molecular flexibility index (Phi) is 5.64. The van der Waals surface area contributed by atoms with Crippen LogP contribution in [0.2, 0.25) is 0 Å². The molecule has 0 fully saturated rings. The van der Waals surface area contributed by atoms with Crippen LogP contribution in [0.4, 0.5) is 4.39 Å². The Morgan fingerprint density at radius 1 is 1.00 bits per heavy atom. The lowest BCUT2D eigenvalue weighted by Gasteiger charge is -2.05. The molecule has 130 valence electrons. The molecular weight excluding hydrogens is 317 g/mol. The standard InChI is InChI=1S/C21H22FNO2/c1-15(24)17-4-6-18(7-5-17)21-11-10-20(25-21)14-23-13-12-16-2-8-19(22)9-3-16/h2-11,15,23-24H,12-14H2,1H3/t15-/m1/s1. The van der Waals surface area contributed by atoms with Crippen LogP contribution in [-0.2, 0) is 13.0 Å². The number of hydrogen-bond acceptors (Lipinski definition) is 3. The SMILES string of the molecule is C[C@@H](O)c1ccc(-c2ccc(CNCCc3ccc(F)cc3)o2)cc1. The molecule has 3 rings (SSSR count). The molecule has 0 spiro atoms. The highest BCUT2D eigenvalue weighted by Crippen LogP contribution is 2.24. The molecule has 4 heteroatoms. The highest BCUT2D eigenvalue weighted by atomic mass is 19.1. The van der Waals surface area contributed by atoms with Crippen molar-refractivity contribution in [3.8, 4) is 11.3 Å². The quantitative estimate of drug-likeness (QED) is 0.624. The Morgan fingerprint density at radius 2 is 1.72 bits per heavy atom. The van der Waals surface area contributed by atoms with Crippen LogP contribution in [0.3, 0.4) is 0 Å². The zero-order valence-corrected chi connectivity index (χ0v) is 14.2. The lowest BCUT2D eigenvalue weighted by atomic mass is 10.1. The molecule has 0 radical (unpaired) electrons. The van der Waals surface area contributed by atoms with Crippen molar-refractivity contribution in [2.24, 2.45) is 0 Å². The van der Waals surface area contributed by atoms with Crippen LogP contribution in [0.5, 0.6) is 0 Å². The van der Waals surface area contributed by atoms with Crippen molar-refractivity contribution in [1.29, 1.82) is 0 Å². The molecular formula is C21H22FNO2. The van der Waals surface area contributed by atoms with Gasteiger partial charge in [-0.05, 0) is 55.3 Å². The van der Waals surface area contributed by atoms with Gasteiger partial charge in [-0.25, -0.2) is 4.39 Å². The normalized spacial score (nSPS) is 12.3. The topological polar surface area (TPSA) is 45.4 Å². The molecule has 1 heterocycles. The average Bonchev–Trinajstić information content (AvgIpc) is 3.09. The molecule has 3 aromatic rings. The van der Waals surface area contributed by atoms with Crippen LogP contribution < -0.4 is 5.32 Å². The number of hydrogen-bond donors (Lipinski definition) is 2. The monoisotopic (exact) mass is 339 g/mol. The van der Waals surface area contributed by atoms with E-state index in [1.54, 1.807) is 19.1 Å². The van der Waals surface area contributed by atoms with Crippen LogP contribution in [0.25, 0.3) is 11.3 Å². The number of rotatable bonds is 7. The second kappa shape index (κ2) is 8.10. The van der Waals surface area contributed by atoms with Crippen molar-refractivity contribution in [1.82, 2.24) is 5.32 Å². The van der Waals surface area contributed by atoms with Crippen molar-refractivity contribution in [2.45, 2.75) is 26.0 Å². The van der Waals surface area contributed by atoms with E-state index >= 15 is 0 Å². The van der Waals surface area contributed by atoms with Crippen LogP contribution in [0.1, 0.15) is 29.9 Å². The summed E-state index contributed by atoms with van der Waals surface area (Å²) in [4.78, 5) is 0. The zero-order chi connectivity index (χ0) is 17.6.